The number of hydrogen-bond donors (Lipinski definition) is 1. The minimum absolute atomic E-state index is 0.0260. The Balaban J connectivity index is 1.23. The molecule has 3 fully saturated rings. The second-order valence-corrected chi connectivity index (χ2v) is 10.2. The second kappa shape index (κ2) is 9.97. The fraction of sp³-hybridized carbons (Fsp3) is 0.536. The average Bonchev–Trinajstić information content (AvgIpc) is 3.47. The summed E-state index contributed by atoms with van der Waals surface area (Å²) in [6.45, 7) is 4.29. The SMILES string of the molecule is CCCC1(C2CCN(C(=O)Cc3ccc4ccccc4c3)CC2)NC(=O)N(CC2CCCO2)C1=O. The van der Waals surface area contributed by atoms with Crippen molar-refractivity contribution in [3.05, 3.63) is 48.0 Å². The molecule has 35 heavy (non-hydrogen) atoms. The fourth-order valence-corrected chi connectivity index (χ4v) is 6.10. The third-order valence-corrected chi connectivity index (χ3v) is 7.97. The highest BCUT2D eigenvalue weighted by Crippen LogP contribution is 2.37. The summed E-state index contributed by atoms with van der Waals surface area (Å²) in [4.78, 5) is 42.8. The van der Waals surface area contributed by atoms with Crippen LogP contribution in [0.5, 0.6) is 0 Å². The highest BCUT2D eigenvalue weighted by molar-refractivity contribution is 6.07. The van der Waals surface area contributed by atoms with E-state index in [2.05, 4.69) is 29.6 Å². The highest BCUT2D eigenvalue weighted by Gasteiger charge is 2.55. The molecule has 5 rings (SSSR count). The van der Waals surface area contributed by atoms with Crippen molar-refractivity contribution in [1.29, 1.82) is 0 Å². The maximum atomic E-state index is 13.6. The molecule has 2 aromatic carbocycles. The molecule has 2 atom stereocenters. The molecule has 0 spiro atoms. The standard InChI is InChI=1S/C28H35N3O4/c1-2-13-28(26(33)31(27(34)29-28)19-24-8-5-16-35-24)23-11-14-30(15-12-23)25(32)18-20-9-10-21-6-3-4-7-22(21)17-20/h3-4,6-7,9-10,17,23-24H,2,5,8,11-16,18-19H2,1H3,(H,29,34). The summed E-state index contributed by atoms with van der Waals surface area (Å²) in [7, 11) is 0. The number of likely N-dealkylation sites (tertiary alicyclic amines) is 1. The van der Waals surface area contributed by atoms with Gasteiger partial charge in [0.25, 0.3) is 5.91 Å². The second-order valence-electron chi connectivity index (χ2n) is 10.2. The lowest BCUT2D eigenvalue weighted by Crippen LogP contribution is -2.56. The van der Waals surface area contributed by atoms with Gasteiger partial charge in [-0.25, -0.2) is 4.79 Å². The van der Waals surface area contributed by atoms with E-state index in [0.29, 0.717) is 51.9 Å². The number of piperidine rings is 1. The molecular weight excluding hydrogens is 442 g/mol. The van der Waals surface area contributed by atoms with Gasteiger partial charge in [0.2, 0.25) is 5.91 Å². The molecule has 1 N–H and O–H groups in total. The van der Waals surface area contributed by atoms with E-state index in [9.17, 15) is 14.4 Å². The van der Waals surface area contributed by atoms with Crippen LogP contribution in [0.15, 0.2) is 42.5 Å². The summed E-state index contributed by atoms with van der Waals surface area (Å²) >= 11 is 0. The number of imide groups is 1. The Hall–Kier alpha value is -2.93. The van der Waals surface area contributed by atoms with E-state index in [1.54, 1.807) is 0 Å². The maximum Gasteiger partial charge on any atom is 0.325 e. The van der Waals surface area contributed by atoms with Crippen molar-refractivity contribution >= 4 is 28.6 Å². The van der Waals surface area contributed by atoms with E-state index in [1.807, 2.05) is 30.0 Å². The van der Waals surface area contributed by atoms with Gasteiger partial charge in [-0.2, -0.15) is 0 Å². The van der Waals surface area contributed by atoms with Gasteiger partial charge < -0.3 is 15.0 Å². The summed E-state index contributed by atoms with van der Waals surface area (Å²) < 4.78 is 5.68. The van der Waals surface area contributed by atoms with E-state index in [-0.39, 0.29) is 29.9 Å². The quantitative estimate of drug-likeness (QED) is 0.614. The number of hydrogen-bond acceptors (Lipinski definition) is 4. The molecule has 2 unspecified atom stereocenters. The summed E-state index contributed by atoms with van der Waals surface area (Å²) in [5, 5.41) is 5.40. The van der Waals surface area contributed by atoms with Crippen LogP contribution in [0.25, 0.3) is 10.8 Å². The molecule has 0 aromatic heterocycles. The zero-order valence-electron chi connectivity index (χ0n) is 20.5. The van der Waals surface area contributed by atoms with E-state index in [0.717, 1.165) is 30.2 Å². The molecule has 3 aliphatic rings. The number of nitrogens with zero attached hydrogens (tertiary/aromatic N) is 2. The van der Waals surface area contributed by atoms with Crippen LogP contribution in [0.2, 0.25) is 0 Å². The lowest BCUT2D eigenvalue weighted by Gasteiger charge is -2.41. The summed E-state index contributed by atoms with van der Waals surface area (Å²) in [5.74, 6) is 0.0315. The minimum atomic E-state index is -0.863. The molecule has 0 saturated carbocycles. The first-order valence-corrected chi connectivity index (χ1v) is 13.0. The van der Waals surface area contributed by atoms with Crippen molar-refractivity contribution in [1.82, 2.24) is 15.1 Å². The Kier molecular flexibility index (Phi) is 6.78. The normalized spacial score (nSPS) is 25.5. The first-order chi connectivity index (χ1) is 17.0. The van der Waals surface area contributed by atoms with Gasteiger partial charge in [-0.15, -0.1) is 0 Å². The molecule has 0 bridgehead atoms. The molecule has 0 radical (unpaired) electrons. The minimum Gasteiger partial charge on any atom is -0.376 e. The third-order valence-electron chi connectivity index (χ3n) is 7.97. The van der Waals surface area contributed by atoms with Crippen molar-refractivity contribution in [3.8, 4) is 0 Å². The lowest BCUT2D eigenvalue weighted by molar-refractivity contribution is -0.136. The van der Waals surface area contributed by atoms with Gasteiger partial charge in [0, 0.05) is 19.7 Å². The predicted octanol–water partition coefficient (Wildman–Crippen LogP) is 3.89. The lowest BCUT2D eigenvalue weighted by atomic mass is 9.74. The molecule has 0 aliphatic carbocycles. The number of ether oxygens (including phenoxy) is 1. The molecular formula is C28H35N3O4. The van der Waals surface area contributed by atoms with E-state index in [4.69, 9.17) is 4.74 Å². The summed E-state index contributed by atoms with van der Waals surface area (Å²) in [5.41, 5.74) is 0.152. The van der Waals surface area contributed by atoms with Gasteiger partial charge in [0.15, 0.2) is 0 Å². The van der Waals surface area contributed by atoms with Crippen molar-refractivity contribution in [2.75, 3.05) is 26.2 Å². The van der Waals surface area contributed by atoms with Gasteiger partial charge >= 0.3 is 6.03 Å². The Bertz CT molecular complexity index is 1100. The van der Waals surface area contributed by atoms with E-state index in [1.165, 1.54) is 10.3 Å². The molecule has 7 heteroatoms. The number of carbonyl (C=O) groups is 3. The monoisotopic (exact) mass is 477 g/mol. The number of amides is 4. The van der Waals surface area contributed by atoms with Crippen molar-refractivity contribution in [3.63, 3.8) is 0 Å². The summed E-state index contributed by atoms with van der Waals surface area (Å²) in [6, 6.07) is 14.0. The third kappa shape index (κ3) is 4.66. The van der Waals surface area contributed by atoms with Gasteiger partial charge in [0.05, 0.1) is 19.1 Å². The summed E-state index contributed by atoms with van der Waals surface area (Å²) in [6.07, 6.45) is 5.02. The first-order valence-electron chi connectivity index (χ1n) is 13.0. The van der Waals surface area contributed by atoms with Gasteiger partial charge in [-0.3, -0.25) is 14.5 Å². The van der Waals surface area contributed by atoms with Crippen LogP contribution in [0.3, 0.4) is 0 Å². The number of benzene rings is 2. The van der Waals surface area contributed by atoms with Crippen molar-refractivity contribution < 1.29 is 19.1 Å². The maximum absolute atomic E-state index is 13.6. The van der Waals surface area contributed by atoms with Crippen LogP contribution >= 0.6 is 0 Å². The van der Waals surface area contributed by atoms with Crippen LogP contribution in [-0.4, -0.2) is 65.5 Å². The zero-order chi connectivity index (χ0) is 24.4. The molecule has 186 valence electrons. The number of fused-ring (bicyclic) bond motifs is 1. The van der Waals surface area contributed by atoms with Gasteiger partial charge in [-0.05, 0) is 54.4 Å². The number of carbonyl (C=O) groups excluding carboxylic acids is 3. The first kappa shape index (κ1) is 23.8. The smallest absolute Gasteiger partial charge is 0.325 e. The number of urea groups is 1. The average molecular weight is 478 g/mol. The largest absolute Gasteiger partial charge is 0.376 e. The molecule has 3 saturated heterocycles. The Morgan fingerprint density at radius 3 is 2.57 bits per heavy atom. The number of rotatable bonds is 7. The molecule has 3 aliphatic heterocycles. The highest BCUT2D eigenvalue weighted by atomic mass is 16.5. The fourth-order valence-electron chi connectivity index (χ4n) is 6.10. The Labute approximate surface area is 206 Å². The number of nitrogens with one attached hydrogen (secondary N) is 1. The van der Waals surface area contributed by atoms with Crippen LogP contribution in [0, 0.1) is 5.92 Å². The molecule has 2 aromatic rings. The van der Waals surface area contributed by atoms with Crippen LogP contribution in [0.4, 0.5) is 4.79 Å². The van der Waals surface area contributed by atoms with E-state index >= 15 is 0 Å². The molecule has 7 nitrogen and oxygen atoms in total. The molecule has 4 amide bonds. The Morgan fingerprint density at radius 2 is 1.86 bits per heavy atom. The van der Waals surface area contributed by atoms with Crippen molar-refractivity contribution in [2.45, 2.75) is 63.5 Å². The van der Waals surface area contributed by atoms with Crippen LogP contribution in [0.1, 0.15) is 51.0 Å². The van der Waals surface area contributed by atoms with Crippen LogP contribution in [-0.2, 0) is 20.7 Å². The van der Waals surface area contributed by atoms with E-state index < -0.39 is 5.54 Å². The topological polar surface area (TPSA) is 79.0 Å². The van der Waals surface area contributed by atoms with Crippen LogP contribution < -0.4 is 5.32 Å². The Morgan fingerprint density at radius 1 is 1.09 bits per heavy atom. The van der Waals surface area contributed by atoms with Crippen molar-refractivity contribution in [2.24, 2.45) is 5.92 Å². The van der Waals surface area contributed by atoms with Gasteiger partial charge in [0.1, 0.15) is 5.54 Å². The van der Waals surface area contributed by atoms with Gasteiger partial charge in [-0.1, -0.05) is 55.8 Å². The predicted molar refractivity (Wildman–Crippen MR) is 134 cm³/mol. The molecule has 3 heterocycles. The zero-order valence-corrected chi connectivity index (χ0v) is 20.5.